The predicted molar refractivity (Wildman–Crippen MR) is 120 cm³/mol. The number of aromatic amines is 1. The van der Waals surface area contributed by atoms with Crippen molar-refractivity contribution in [2.75, 3.05) is 12.4 Å². The van der Waals surface area contributed by atoms with Gasteiger partial charge in [-0.1, -0.05) is 18.2 Å². The monoisotopic (exact) mass is 409 g/mol. The Kier molecular flexibility index (Phi) is 4.59. The summed E-state index contributed by atoms with van der Waals surface area (Å²) in [7, 11) is 1.59. The van der Waals surface area contributed by atoms with E-state index in [9.17, 15) is 9.59 Å². The molecule has 4 aromatic rings. The van der Waals surface area contributed by atoms with E-state index >= 15 is 0 Å². The molecule has 1 aliphatic heterocycles. The van der Waals surface area contributed by atoms with Crippen LogP contribution >= 0.6 is 0 Å². The van der Waals surface area contributed by atoms with Gasteiger partial charge in [0.2, 0.25) is 5.91 Å². The molecule has 6 nitrogen and oxygen atoms in total. The molecule has 0 radical (unpaired) electrons. The number of amides is 1. The third kappa shape index (κ3) is 3.38. The molecule has 1 amide bonds. The summed E-state index contributed by atoms with van der Waals surface area (Å²) in [6, 6.07) is 16.7. The van der Waals surface area contributed by atoms with E-state index in [0.717, 1.165) is 33.3 Å². The highest BCUT2D eigenvalue weighted by Crippen LogP contribution is 2.37. The Morgan fingerprint density at radius 3 is 2.74 bits per heavy atom. The highest BCUT2D eigenvalue weighted by molar-refractivity contribution is 6.09. The van der Waals surface area contributed by atoms with Crippen LogP contribution in [0.3, 0.4) is 0 Å². The van der Waals surface area contributed by atoms with E-state index < -0.39 is 0 Å². The fourth-order valence-corrected chi connectivity index (χ4v) is 3.91. The molecule has 31 heavy (non-hydrogen) atoms. The summed E-state index contributed by atoms with van der Waals surface area (Å²) in [5, 5.41) is 3.82. The van der Waals surface area contributed by atoms with Gasteiger partial charge in [0.05, 0.1) is 24.7 Å². The Hall–Kier alpha value is -4.19. The van der Waals surface area contributed by atoms with Crippen molar-refractivity contribution in [2.45, 2.75) is 6.42 Å². The van der Waals surface area contributed by atoms with Gasteiger partial charge in [0.1, 0.15) is 11.6 Å². The van der Waals surface area contributed by atoms with Crippen molar-refractivity contribution in [1.29, 1.82) is 0 Å². The third-order valence-electron chi connectivity index (χ3n) is 5.43. The molecule has 3 heterocycles. The van der Waals surface area contributed by atoms with E-state index in [2.05, 4.69) is 15.3 Å². The number of benzene rings is 2. The molecule has 0 unspecified atom stereocenters. The zero-order valence-corrected chi connectivity index (χ0v) is 16.8. The van der Waals surface area contributed by atoms with Gasteiger partial charge < -0.3 is 15.0 Å². The molecule has 0 aliphatic carbocycles. The molecule has 0 atom stereocenters. The zero-order chi connectivity index (χ0) is 21.4. The molecular formula is C25H19N3O3. The molecule has 1 aliphatic rings. The number of anilines is 1. The second kappa shape index (κ2) is 7.57. The normalized spacial score (nSPS) is 12.9. The van der Waals surface area contributed by atoms with Gasteiger partial charge in [0.25, 0.3) is 0 Å². The SMILES string of the molecule is COc1ccc(C(=O)/C=C/c2cccc3c4c([nH]c23)-c2cccnc2NC(=O)C4)cc1. The Balaban J connectivity index is 1.56. The quantitative estimate of drug-likeness (QED) is 0.380. The average molecular weight is 409 g/mol. The van der Waals surface area contributed by atoms with Crippen molar-refractivity contribution in [3.63, 3.8) is 0 Å². The minimum Gasteiger partial charge on any atom is -0.497 e. The smallest absolute Gasteiger partial charge is 0.230 e. The first-order chi connectivity index (χ1) is 15.1. The van der Waals surface area contributed by atoms with Gasteiger partial charge in [0, 0.05) is 22.7 Å². The second-order valence-electron chi connectivity index (χ2n) is 7.30. The van der Waals surface area contributed by atoms with Gasteiger partial charge in [-0.15, -0.1) is 0 Å². The summed E-state index contributed by atoms with van der Waals surface area (Å²) >= 11 is 0. The van der Waals surface area contributed by atoms with Crippen molar-refractivity contribution in [3.8, 4) is 17.0 Å². The fourth-order valence-electron chi connectivity index (χ4n) is 3.91. The van der Waals surface area contributed by atoms with Crippen LogP contribution in [-0.2, 0) is 11.2 Å². The van der Waals surface area contributed by atoms with E-state index in [1.54, 1.807) is 49.7 Å². The van der Waals surface area contributed by atoms with E-state index in [0.29, 0.717) is 17.1 Å². The molecule has 0 spiro atoms. The molecule has 6 heteroatoms. The van der Waals surface area contributed by atoms with E-state index in [4.69, 9.17) is 4.74 Å². The highest BCUT2D eigenvalue weighted by atomic mass is 16.5. The van der Waals surface area contributed by atoms with Gasteiger partial charge in [-0.3, -0.25) is 9.59 Å². The number of fused-ring (bicyclic) bond motifs is 5. The highest BCUT2D eigenvalue weighted by Gasteiger charge is 2.23. The maximum atomic E-state index is 12.6. The predicted octanol–water partition coefficient (Wildman–Crippen LogP) is 4.63. The lowest BCUT2D eigenvalue weighted by molar-refractivity contribution is -0.115. The van der Waals surface area contributed by atoms with Gasteiger partial charge in [-0.25, -0.2) is 4.98 Å². The van der Waals surface area contributed by atoms with Crippen molar-refractivity contribution in [2.24, 2.45) is 0 Å². The molecule has 2 aromatic carbocycles. The lowest BCUT2D eigenvalue weighted by Gasteiger charge is -2.04. The number of methoxy groups -OCH3 is 1. The molecule has 152 valence electrons. The number of ether oxygens (including phenoxy) is 1. The number of rotatable bonds is 4. The lowest BCUT2D eigenvalue weighted by atomic mass is 10.0. The summed E-state index contributed by atoms with van der Waals surface area (Å²) in [6.45, 7) is 0. The Labute approximate surface area is 178 Å². The van der Waals surface area contributed by atoms with E-state index in [1.165, 1.54) is 0 Å². The number of hydrogen-bond acceptors (Lipinski definition) is 4. The molecule has 0 bridgehead atoms. The number of carbonyl (C=O) groups excluding carboxylic acids is 2. The molecule has 0 fully saturated rings. The van der Waals surface area contributed by atoms with Crippen LogP contribution in [0.5, 0.6) is 5.75 Å². The number of ketones is 1. The van der Waals surface area contributed by atoms with E-state index in [1.807, 2.05) is 30.3 Å². The lowest BCUT2D eigenvalue weighted by Crippen LogP contribution is -2.13. The van der Waals surface area contributed by atoms with Gasteiger partial charge >= 0.3 is 0 Å². The molecular weight excluding hydrogens is 390 g/mol. The van der Waals surface area contributed by atoms with E-state index in [-0.39, 0.29) is 18.1 Å². The molecule has 0 saturated heterocycles. The summed E-state index contributed by atoms with van der Waals surface area (Å²) in [6.07, 6.45) is 5.27. The maximum absolute atomic E-state index is 12.6. The molecule has 2 aromatic heterocycles. The van der Waals surface area contributed by atoms with Gasteiger partial charge in [-0.05, 0) is 59.7 Å². The van der Waals surface area contributed by atoms with Crippen molar-refractivity contribution in [3.05, 3.63) is 83.6 Å². The first-order valence-electron chi connectivity index (χ1n) is 9.89. The van der Waals surface area contributed by atoms with Crippen LogP contribution in [0.15, 0.2) is 66.9 Å². The summed E-state index contributed by atoms with van der Waals surface area (Å²) in [4.78, 5) is 32.8. The first kappa shape index (κ1) is 18.8. The van der Waals surface area contributed by atoms with Crippen LogP contribution < -0.4 is 10.1 Å². The number of pyridine rings is 1. The maximum Gasteiger partial charge on any atom is 0.230 e. The number of nitrogens with zero attached hydrogens (tertiary/aromatic N) is 1. The summed E-state index contributed by atoms with van der Waals surface area (Å²) in [5.41, 5.74) is 5.00. The van der Waals surface area contributed by atoms with Crippen LogP contribution in [0.1, 0.15) is 21.5 Å². The van der Waals surface area contributed by atoms with Gasteiger partial charge in [-0.2, -0.15) is 0 Å². The molecule has 5 rings (SSSR count). The van der Waals surface area contributed by atoms with Crippen LogP contribution in [0.4, 0.5) is 5.82 Å². The van der Waals surface area contributed by atoms with Crippen LogP contribution in [0, 0.1) is 0 Å². The van der Waals surface area contributed by atoms with Crippen LogP contribution in [0.25, 0.3) is 28.2 Å². The first-order valence-corrected chi connectivity index (χ1v) is 9.89. The van der Waals surface area contributed by atoms with Crippen molar-refractivity contribution >= 4 is 34.5 Å². The van der Waals surface area contributed by atoms with Gasteiger partial charge in [0.15, 0.2) is 5.78 Å². The molecule has 0 saturated carbocycles. The second-order valence-corrected chi connectivity index (χ2v) is 7.30. The minimum atomic E-state index is -0.102. The number of aromatic nitrogens is 2. The third-order valence-corrected chi connectivity index (χ3v) is 5.43. The fraction of sp³-hybridized carbons (Fsp3) is 0.0800. The average Bonchev–Trinajstić information content (AvgIpc) is 3.09. The number of nitrogens with one attached hydrogen (secondary N) is 2. The van der Waals surface area contributed by atoms with Crippen LogP contribution in [0.2, 0.25) is 0 Å². The topological polar surface area (TPSA) is 84.1 Å². The van der Waals surface area contributed by atoms with Crippen molar-refractivity contribution in [1.82, 2.24) is 9.97 Å². The number of carbonyl (C=O) groups is 2. The summed E-state index contributed by atoms with van der Waals surface area (Å²) < 4.78 is 5.14. The largest absolute Gasteiger partial charge is 0.497 e. The Morgan fingerprint density at radius 2 is 1.94 bits per heavy atom. The standard InChI is InChI=1S/C25H19N3O3/c1-31-17-10-7-15(8-11-17)21(29)12-9-16-4-2-5-18-20-14-22(30)27-25-19(6-3-13-26-25)24(20)28-23(16)18/h2-13,28H,14H2,1H3,(H,26,27,30)/b12-9+. The number of allylic oxidation sites excluding steroid dienone is 1. The summed E-state index contributed by atoms with van der Waals surface area (Å²) in [5.74, 6) is 1.05. The minimum absolute atomic E-state index is 0.0956. The zero-order valence-electron chi connectivity index (χ0n) is 16.8. The Bertz CT molecular complexity index is 1350. The number of para-hydroxylation sites is 1. The van der Waals surface area contributed by atoms with Crippen molar-refractivity contribution < 1.29 is 14.3 Å². The number of hydrogen-bond donors (Lipinski definition) is 2. The molecule has 2 N–H and O–H groups in total. The Morgan fingerprint density at radius 1 is 1.10 bits per heavy atom. The van der Waals surface area contributed by atoms with Crippen LogP contribution in [-0.4, -0.2) is 28.8 Å². The number of H-pyrrole nitrogens is 1.